The Hall–Kier alpha value is -0.280. The van der Waals surface area contributed by atoms with E-state index < -0.39 is 0 Å². The first-order valence-corrected chi connectivity index (χ1v) is 6.60. The molecule has 0 unspecified atom stereocenters. The molecule has 0 bridgehead atoms. The maximum atomic E-state index is 6.12. The molecule has 4 heteroatoms. The fourth-order valence-corrected chi connectivity index (χ4v) is 1.95. The van der Waals surface area contributed by atoms with E-state index in [1.807, 2.05) is 18.2 Å². The molecule has 0 aliphatic carbocycles. The molecule has 0 atom stereocenters. The van der Waals surface area contributed by atoms with Gasteiger partial charge < -0.3 is 10.2 Å². The summed E-state index contributed by atoms with van der Waals surface area (Å²) in [4.78, 5) is 2.23. The molecular weight excluding hydrogens is 255 g/mol. The van der Waals surface area contributed by atoms with E-state index >= 15 is 0 Å². The standard InChI is InChI=1S/C13H20Cl2N2/c1-10(2)16-6-7-17(3)9-11-8-12(14)4-5-13(11)15/h4-5,8,10,16H,6-7,9H2,1-3H3. The van der Waals surface area contributed by atoms with Gasteiger partial charge in [0.15, 0.2) is 0 Å². The molecule has 0 spiro atoms. The summed E-state index contributed by atoms with van der Waals surface area (Å²) in [5, 5.41) is 4.90. The molecule has 1 aromatic carbocycles. The van der Waals surface area contributed by atoms with E-state index in [4.69, 9.17) is 23.2 Å². The number of hydrogen-bond donors (Lipinski definition) is 1. The molecule has 1 aromatic rings. The zero-order valence-corrected chi connectivity index (χ0v) is 12.1. The molecule has 0 heterocycles. The zero-order chi connectivity index (χ0) is 12.8. The van der Waals surface area contributed by atoms with Gasteiger partial charge in [0.05, 0.1) is 0 Å². The van der Waals surface area contributed by atoms with Crippen molar-refractivity contribution >= 4 is 23.2 Å². The van der Waals surface area contributed by atoms with Crippen LogP contribution in [0.25, 0.3) is 0 Å². The smallest absolute Gasteiger partial charge is 0.0452 e. The second-order valence-corrected chi connectivity index (χ2v) is 5.43. The molecule has 17 heavy (non-hydrogen) atoms. The van der Waals surface area contributed by atoms with E-state index in [0.29, 0.717) is 6.04 Å². The first-order chi connectivity index (χ1) is 7.99. The van der Waals surface area contributed by atoms with Crippen molar-refractivity contribution in [2.45, 2.75) is 26.4 Å². The van der Waals surface area contributed by atoms with Crippen molar-refractivity contribution in [3.05, 3.63) is 33.8 Å². The average Bonchev–Trinajstić information content (AvgIpc) is 2.23. The van der Waals surface area contributed by atoms with Crippen LogP contribution in [0, 0.1) is 0 Å². The Labute approximate surface area is 114 Å². The Morgan fingerprint density at radius 3 is 2.65 bits per heavy atom. The third-order valence-corrected chi connectivity index (χ3v) is 3.10. The van der Waals surface area contributed by atoms with E-state index in [1.165, 1.54) is 0 Å². The molecule has 1 N–H and O–H groups in total. The molecule has 0 aromatic heterocycles. The van der Waals surface area contributed by atoms with E-state index in [9.17, 15) is 0 Å². The summed E-state index contributed by atoms with van der Waals surface area (Å²) in [6, 6.07) is 6.11. The van der Waals surface area contributed by atoms with Crippen molar-refractivity contribution in [2.24, 2.45) is 0 Å². The summed E-state index contributed by atoms with van der Waals surface area (Å²) >= 11 is 12.1. The number of benzene rings is 1. The van der Waals surface area contributed by atoms with Gasteiger partial charge in [-0.25, -0.2) is 0 Å². The van der Waals surface area contributed by atoms with Crippen LogP contribution in [0.1, 0.15) is 19.4 Å². The third kappa shape index (κ3) is 5.73. The molecule has 0 fully saturated rings. The van der Waals surface area contributed by atoms with Gasteiger partial charge in [-0.2, -0.15) is 0 Å². The van der Waals surface area contributed by atoms with Crippen molar-refractivity contribution in [3.63, 3.8) is 0 Å². The molecule has 2 nitrogen and oxygen atoms in total. The quantitative estimate of drug-likeness (QED) is 0.855. The molecule has 0 amide bonds. The van der Waals surface area contributed by atoms with Crippen molar-refractivity contribution in [1.82, 2.24) is 10.2 Å². The summed E-state index contributed by atoms with van der Waals surface area (Å²) in [6.07, 6.45) is 0. The Morgan fingerprint density at radius 1 is 1.29 bits per heavy atom. The summed E-state index contributed by atoms with van der Waals surface area (Å²) < 4.78 is 0. The number of likely N-dealkylation sites (N-methyl/N-ethyl adjacent to an activating group) is 1. The predicted molar refractivity (Wildman–Crippen MR) is 75.9 cm³/mol. The highest BCUT2D eigenvalue weighted by Crippen LogP contribution is 2.21. The molecule has 0 aliphatic rings. The van der Waals surface area contributed by atoms with Gasteiger partial charge in [0, 0.05) is 35.7 Å². The van der Waals surface area contributed by atoms with E-state index in [2.05, 4.69) is 31.1 Å². The van der Waals surface area contributed by atoms with Crippen LogP contribution in [0.15, 0.2) is 18.2 Å². The van der Waals surface area contributed by atoms with Gasteiger partial charge in [0.1, 0.15) is 0 Å². The lowest BCUT2D eigenvalue weighted by Crippen LogP contribution is -2.32. The summed E-state index contributed by atoms with van der Waals surface area (Å²) in [5.41, 5.74) is 1.08. The zero-order valence-electron chi connectivity index (χ0n) is 10.6. The van der Waals surface area contributed by atoms with Crippen LogP contribution in [0.3, 0.4) is 0 Å². The van der Waals surface area contributed by atoms with Crippen molar-refractivity contribution in [3.8, 4) is 0 Å². The maximum absolute atomic E-state index is 6.12. The Kier molecular flexibility index (Phi) is 6.28. The minimum absolute atomic E-state index is 0.526. The lowest BCUT2D eigenvalue weighted by molar-refractivity contribution is 0.320. The van der Waals surface area contributed by atoms with Crippen LogP contribution < -0.4 is 5.32 Å². The number of hydrogen-bond acceptors (Lipinski definition) is 2. The summed E-state index contributed by atoms with van der Waals surface area (Å²) in [6.45, 7) is 7.08. The summed E-state index contributed by atoms with van der Waals surface area (Å²) in [7, 11) is 2.08. The van der Waals surface area contributed by atoms with Crippen LogP contribution in [-0.2, 0) is 6.54 Å². The van der Waals surface area contributed by atoms with Gasteiger partial charge >= 0.3 is 0 Å². The van der Waals surface area contributed by atoms with Gasteiger partial charge in [0.2, 0.25) is 0 Å². The van der Waals surface area contributed by atoms with E-state index in [0.717, 1.165) is 35.2 Å². The van der Waals surface area contributed by atoms with Gasteiger partial charge in [-0.05, 0) is 30.8 Å². The molecule has 1 rings (SSSR count). The molecule has 96 valence electrons. The van der Waals surface area contributed by atoms with Crippen molar-refractivity contribution in [2.75, 3.05) is 20.1 Å². The highest BCUT2D eigenvalue weighted by molar-refractivity contribution is 6.33. The first-order valence-electron chi connectivity index (χ1n) is 5.85. The fraction of sp³-hybridized carbons (Fsp3) is 0.538. The topological polar surface area (TPSA) is 15.3 Å². The molecule has 0 saturated heterocycles. The first kappa shape index (κ1) is 14.8. The SMILES string of the molecule is CC(C)NCCN(C)Cc1cc(Cl)ccc1Cl. The number of nitrogens with zero attached hydrogens (tertiary/aromatic N) is 1. The third-order valence-electron chi connectivity index (χ3n) is 2.49. The van der Waals surface area contributed by atoms with Crippen LogP contribution in [0.4, 0.5) is 0 Å². The predicted octanol–water partition coefficient (Wildman–Crippen LogP) is 3.42. The van der Waals surface area contributed by atoms with Gasteiger partial charge in [-0.1, -0.05) is 37.0 Å². The monoisotopic (exact) mass is 274 g/mol. The second-order valence-electron chi connectivity index (χ2n) is 4.58. The van der Waals surface area contributed by atoms with E-state index in [1.54, 1.807) is 0 Å². The Morgan fingerprint density at radius 2 is 2.00 bits per heavy atom. The number of rotatable bonds is 6. The number of halogens is 2. The lowest BCUT2D eigenvalue weighted by Gasteiger charge is -2.18. The Balaban J connectivity index is 2.44. The minimum Gasteiger partial charge on any atom is -0.313 e. The van der Waals surface area contributed by atoms with Crippen molar-refractivity contribution < 1.29 is 0 Å². The van der Waals surface area contributed by atoms with Crippen LogP contribution >= 0.6 is 23.2 Å². The van der Waals surface area contributed by atoms with Gasteiger partial charge in [-0.3, -0.25) is 0 Å². The van der Waals surface area contributed by atoms with Crippen LogP contribution in [-0.4, -0.2) is 31.1 Å². The Bertz CT molecular complexity index is 353. The van der Waals surface area contributed by atoms with Crippen molar-refractivity contribution in [1.29, 1.82) is 0 Å². The second kappa shape index (κ2) is 7.22. The molecule has 0 saturated carbocycles. The largest absolute Gasteiger partial charge is 0.313 e. The highest BCUT2D eigenvalue weighted by atomic mass is 35.5. The number of nitrogens with one attached hydrogen (secondary N) is 1. The lowest BCUT2D eigenvalue weighted by atomic mass is 10.2. The molecular formula is C13H20Cl2N2. The van der Waals surface area contributed by atoms with Gasteiger partial charge in [0.25, 0.3) is 0 Å². The van der Waals surface area contributed by atoms with Crippen LogP contribution in [0.2, 0.25) is 10.0 Å². The van der Waals surface area contributed by atoms with Gasteiger partial charge in [-0.15, -0.1) is 0 Å². The summed E-state index contributed by atoms with van der Waals surface area (Å²) in [5.74, 6) is 0. The maximum Gasteiger partial charge on any atom is 0.0452 e. The fourth-order valence-electron chi connectivity index (χ4n) is 1.58. The molecule has 0 aliphatic heterocycles. The minimum atomic E-state index is 0.526. The van der Waals surface area contributed by atoms with Crippen LogP contribution in [0.5, 0.6) is 0 Å². The average molecular weight is 275 g/mol. The molecule has 0 radical (unpaired) electrons. The van der Waals surface area contributed by atoms with E-state index in [-0.39, 0.29) is 0 Å². The highest BCUT2D eigenvalue weighted by Gasteiger charge is 2.05. The normalized spacial score (nSPS) is 11.5.